The summed E-state index contributed by atoms with van der Waals surface area (Å²) in [4.78, 5) is 0. The molecule has 0 aliphatic carbocycles. The Kier molecular flexibility index (Phi) is 4.80. The standard InChI is InChI=1S/C17H18O3/c1-13-12-15(6-9-17(13)20-11-10-18)3-2-14-4-7-16(19)8-5-14/h2-9,12,18-19H,10-11H2,1H3/b3-2+. The Morgan fingerprint density at radius 3 is 2.30 bits per heavy atom. The largest absolute Gasteiger partial charge is 0.508 e. The number of aromatic hydroxyl groups is 1. The Morgan fingerprint density at radius 2 is 1.65 bits per heavy atom. The first-order valence-electron chi connectivity index (χ1n) is 6.50. The number of hydrogen-bond acceptors (Lipinski definition) is 3. The van der Waals surface area contributed by atoms with E-state index in [2.05, 4.69) is 0 Å². The van der Waals surface area contributed by atoms with Crippen molar-refractivity contribution in [3.05, 3.63) is 59.2 Å². The Balaban J connectivity index is 2.09. The average Bonchev–Trinajstić information content (AvgIpc) is 2.46. The second-order valence-corrected chi connectivity index (χ2v) is 4.52. The molecule has 0 amide bonds. The summed E-state index contributed by atoms with van der Waals surface area (Å²) < 4.78 is 5.42. The van der Waals surface area contributed by atoms with Crippen molar-refractivity contribution < 1.29 is 14.9 Å². The molecule has 0 fully saturated rings. The molecule has 0 saturated carbocycles. The van der Waals surface area contributed by atoms with Crippen LogP contribution in [0, 0.1) is 6.92 Å². The van der Waals surface area contributed by atoms with E-state index in [1.807, 2.05) is 49.4 Å². The quantitative estimate of drug-likeness (QED) is 0.820. The zero-order valence-corrected chi connectivity index (χ0v) is 11.4. The molecular weight excluding hydrogens is 252 g/mol. The van der Waals surface area contributed by atoms with Crippen LogP contribution in [0.15, 0.2) is 42.5 Å². The highest BCUT2D eigenvalue weighted by Crippen LogP contribution is 2.20. The number of ether oxygens (including phenoxy) is 1. The van der Waals surface area contributed by atoms with Gasteiger partial charge in [-0.3, -0.25) is 0 Å². The molecule has 0 atom stereocenters. The van der Waals surface area contributed by atoms with Crippen LogP contribution < -0.4 is 4.74 Å². The number of phenols is 1. The van der Waals surface area contributed by atoms with Crippen LogP contribution >= 0.6 is 0 Å². The van der Waals surface area contributed by atoms with Gasteiger partial charge < -0.3 is 14.9 Å². The second kappa shape index (κ2) is 6.78. The fourth-order valence-electron chi connectivity index (χ4n) is 1.87. The van der Waals surface area contributed by atoms with Gasteiger partial charge in [-0.15, -0.1) is 0 Å². The molecule has 104 valence electrons. The predicted octanol–water partition coefficient (Wildman–Crippen LogP) is 3.24. The maximum Gasteiger partial charge on any atom is 0.122 e. The molecule has 0 radical (unpaired) electrons. The maximum atomic E-state index is 9.22. The first-order valence-corrected chi connectivity index (χ1v) is 6.50. The van der Waals surface area contributed by atoms with Gasteiger partial charge in [0.25, 0.3) is 0 Å². The third-order valence-electron chi connectivity index (χ3n) is 2.91. The number of hydrogen-bond donors (Lipinski definition) is 2. The molecule has 0 spiro atoms. The summed E-state index contributed by atoms with van der Waals surface area (Å²) >= 11 is 0. The molecule has 2 aromatic rings. The lowest BCUT2D eigenvalue weighted by molar-refractivity contribution is 0.200. The van der Waals surface area contributed by atoms with Crippen molar-refractivity contribution in [2.45, 2.75) is 6.92 Å². The van der Waals surface area contributed by atoms with Gasteiger partial charge in [0.05, 0.1) is 6.61 Å². The number of benzene rings is 2. The van der Waals surface area contributed by atoms with Crippen LogP contribution in [0.4, 0.5) is 0 Å². The SMILES string of the molecule is Cc1cc(/C=C/c2ccc(O)cc2)ccc1OCCO. The average molecular weight is 270 g/mol. The second-order valence-electron chi connectivity index (χ2n) is 4.52. The number of aryl methyl sites for hydroxylation is 1. The minimum absolute atomic E-state index is 0.0158. The molecule has 3 nitrogen and oxygen atoms in total. The molecule has 0 aliphatic heterocycles. The summed E-state index contributed by atoms with van der Waals surface area (Å²) in [6.45, 7) is 2.30. The zero-order valence-electron chi connectivity index (χ0n) is 11.4. The lowest BCUT2D eigenvalue weighted by Crippen LogP contribution is -2.02. The highest BCUT2D eigenvalue weighted by atomic mass is 16.5. The lowest BCUT2D eigenvalue weighted by atomic mass is 10.1. The lowest BCUT2D eigenvalue weighted by Gasteiger charge is -2.08. The Labute approximate surface area is 118 Å². The molecule has 3 heteroatoms. The van der Waals surface area contributed by atoms with Gasteiger partial charge in [-0.2, -0.15) is 0 Å². The van der Waals surface area contributed by atoms with E-state index in [1.54, 1.807) is 12.1 Å². The van der Waals surface area contributed by atoms with Crippen LogP contribution in [0.3, 0.4) is 0 Å². The van der Waals surface area contributed by atoms with E-state index in [4.69, 9.17) is 9.84 Å². The molecule has 0 bridgehead atoms. The minimum atomic E-state index is 0.0158. The third-order valence-corrected chi connectivity index (χ3v) is 2.91. The molecule has 20 heavy (non-hydrogen) atoms. The summed E-state index contributed by atoms with van der Waals surface area (Å²) in [5, 5.41) is 18.0. The van der Waals surface area contributed by atoms with Gasteiger partial charge in [0.1, 0.15) is 18.1 Å². The summed E-state index contributed by atoms with van der Waals surface area (Å²) in [5.41, 5.74) is 3.14. The van der Waals surface area contributed by atoms with Gasteiger partial charge in [0, 0.05) is 0 Å². The maximum absolute atomic E-state index is 9.22. The molecule has 2 rings (SSSR count). The Hall–Kier alpha value is -2.26. The number of phenolic OH excluding ortho intramolecular Hbond substituents is 1. The number of aliphatic hydroxyl groups excluding tert-OH is 1. The molecule has 0 aliphatic rings. The first-order chi connectivity index (χ1) is 9.69. The van der Waals surface area contributed by atoms with E-state index in [1.165, 1.54) is 0 Å². The molecule has 0 unspecified atom stereocenters. The summed E-state index contributed by atoms with van der Waals surface area (Å²) in [5.74, 6) is 1.06. The first kappa shape index (κ1) is 14.2. The zero-order chi connectivity index (χ0) is 14.4. The molecule has 2 aromatic carbocycles. The molecule has 2 N–H and O–H groups in total. The molecule has 0 saturated heterocycles. The van der Waals surface area contributed by atoms with Gasteiger partial charge in [-0.1, -0.05) is 30.4 Å². The van der Waals surface area contributed by atoms with E-state index in [9.17, 15) is 5.11 Å². The van der Waals surface area contributed by atoms with Crippen LogP contribution in [0.1, 0.15) is 16.7 Å². The van der Waals surface area contributed by atoms with E-state index in [-0.39, 0.29) is 12.4 Å². The van der Waals surface area contributed by atoms with Crippen LogP contribution in [-0.4, -0.2) is 23.4 Å². The van der Waals surface area contributed by atoms with Crippen LogP contribution in [0.25, 0.3) is 12.2 Å². The van der Waals surface area contributed by atoms with E-state index >= 15 is 0 Å². The minimum Gasteiger partial charge on any atom is -0.508 e. The van der Waals surface area contributed by atoms with Crippen molar-refractivity contribution in [2.24, 2.45) is 0 Å². The predicted molar refractivity (Wildman–Crippen MR) is 80.8 cm³/mol. The number of aliphatic hydroxyl groups is 1. The van der Waals surface area contributed by atoms with Gasteiger partial charge in [-0.05, 0) is 47.9 Å². The van der Waals surface area contributed by atoms with Crippen LogP contribution in [0.5, 0.6) is 11.5 Å². The summed E-state index contributed by atoms with van der Waals surface area (Å²) in [6, 6.07) is 12.9. The fraction of sp³-hybridized carbons (Fsp3) is 0.176. The monoisotopic (exact) mass is 270 g/mol. The normalized spacial score (nSPS) is 10.9. The summed E-state index contributed by atoms with van der Waals surface area (Å²) in [7, 11) is 0. The van der Waals surface area contributed by atoms with Crippen molar-refractivity contribution in [1.29, 1.82) is 0 Å². The van der Waals surface area contributed by atoms with Crippen LogP contribution in [-0.2, 0) is 0 Å². The van der Waals surface area contributed by atoms with Crippen molar-refractivity contribution in [2.75, 3.05) is 13.2 Å². The Bertz CT molecular complexity index is 586. The van der Waals surface area contributed by atoms with Crippen molar-refractivity contribution in [3.63, 3.8) is 0 Å². The molecule has 0 aromatic heterocycles. The van der Waals surface area contributed by atoms with E-state index in [0.29, 0.717) is 6.61 Å². The molecule has 0 heterocycles. The van der Waals surface area contributed by atoms with Gasteiger partial charge >= 0.3 is 0 Å². The Morgan fingerprint density at radius 1 is 1.00 bits per heavy atom. The summed E-state index contributed by atoms with van der Waals surface area (Å²) in [6.07, 6.45) is 4.00. The topological polar surface area (TPSA) is 49.7 Å². The van der Waals surface area contributed by atoms with Crippen LogP contribution in [0.2, 0.25) is 0 Å². The van der Waals surface area contributed by atoms with Crippen molar-refractivity contribution in [3.8, 4) is 11.5 Å². The van der Waals surface area contributed by atoms with Gasteiger partial charge in [-0.25, -0.2) is 0 Å². The third kappa shape index (κ3) is 3.87. The van der Waals surface area contributed by atoms with E-state index in [0.717, 1.165) is 22.4 Å². The van der Waals surface area contributed by atoms with Crippen molar-refractivity contribution in [1.82, 2.24) is 0 Å². The highest BCUT2D eigenvalue weighted by molar-refractivity contribution is 5.70. The smallest absolute Gasteiger partial charge is 0.122 e. The van der Waals surface area contributed by atoms with Gasteiger partial charge in [0.15, 0.2) is 0 Å². The van der Waals surface area contributed by atoms with E-state index < -0.39 is 0 Å². The fourth-order valence-corrected chi connectivity index (χ4v) is 1.87. The highest BCUT2D eigenvalue weighted by Gasteiger charge is 1.99. The van der Waals surface area contributed by atoms with Gasteiger partial charge in [0.2, 0.25) is 0 Å². The number of rotatable bonds is 5. The van der Waals surface area contributed by atoms with Crippen molar-refractivity contribution >= 4 is 12.2 Å². The molecular formula is C17H18O3.